The minimum Gasteiger partial charge on any atom is -0.242 e. The van der Waals surface area contributed by atoms with Crippen LogP contribution in [0.1, 0.15) is 30.1 Å². The predicted octanol–water partition coefficient (Wildman–Crippen LogP) is 3.69. The standard InChI is InChI=1S/C10H10ClF/c11-8-4-5-9-7(6-8)2-1-3-10(9)12/h4-6,10H,1-3H2. The van der Waals surface area contributed by atoms with Gasteiger partial charge in [-0.25, -0.2) is 4.39 Å². The van der Waals surface area contributed by atoms with Crippen molar-refractivity contribution >= 4 is 11.6 Å². The molecule has 0 nitrogen and oxygen atoms in total. The SMILES string of the molecule is FC1CCCc2cc(Cl)ccc21. The topological polar surface area (TPSA) is 0 Å². The summed E-state index contributed by atoms with van der Waals surface area (Å²) in [7, 11) is 0. The highest BCUT2D eigenvalue weighted by Gasteiger charge is 2.18. The van der Waals surface area contributed by atoms with Crippen LogP contribution in [-0.2, 0) is 6.42 Å². The van der Waals surface area contributed by atoms with Crippen LogP contribution < -0.4 is 0 Å². The van der Waals surface area contributed by atoms with Crippen LogP contribution in [-0.4, -0.2) is 0 Å². The average Bonchev–Trinajstić information content (AvgIpc) is 2.04. The number of halogens is 2. The van der Waals surface area contributed by atoms with E-state index in [1.165, 1.54) is 0 Å². The van der Waals surface area contributed by atoms with Crippen molar-refractivity contribution in [3.05, 3.63) is 34.3 Å². The molecular formula is C10H10ClF. The molecule has 64 valence electrons. The summed E-state index contributed by atoms with van der Waals surface area (Å²) in [4.78, 5) is 0. The zero-order chi connectivity index (χ0) is 8.55. The Morgan fingerprint density at radius 1 is 1.42 bits per heavy atom. The number of rotatable bonds is 0. The normalized spacial score (nSPS) is 22.0. The van der Waals surface area contributed by atoms with E-state index in [1.54, 1.807) is 6.07 Å². The second kappa shape index (κ2) is 3.06. The number of alkyl halides is 1. The lowest BCUT2D eigenvalue weighted by atomic mass is 9.90. The lowest BCUT2D eigenvalue weighted by Crippen LogP contribution is -2.05. The number of hydrogen-bond donors (Lipinski definition) is 0. The van der Waals surface area contributed by atoms with Gasteiger partial charge in [0.15, 0.2) is 0 Å². The molecule has 0 saturated carbocycles. The van der Waals surface area contributed by atoms with Gasteiger partial charge in [0, 0.05) is 5.02 Å². The summed E-state index contributed by atoms with van der Waals surface area (Å²) in [6.07, 6.45) is 1.80. The monoisotopic (exact) mass is 184 g/mol. The summed E-state index contributed by atoms with van der Waals surface area (Å²) < 4.78 is 13.3. The number of fused-ring (bicyclic) bond motifs is 1. The fraction of sp³-hybridized carbons (Fsp3) is 0.400. The second-order valence-electron chi connectivity index (χ2n) is 3.20. The first-order chi connectivity index (χ1) is 5.77. The van der Waals surface area contributed by atoms with Crippen molar-refractivity contribution < 1.29 is 4.39 Å². The molecule has 0 N–H and O–H groups in total. The van der Waals surface area contributed by atoms with Crippen molar-refractivity contribution in [3.8, 4) is 0 Å². The average molecular weight is 185 g/mol. The van der Waals surface area contributed by atoms with Crippen molar-refractivity contribution in [2.24, 2.45) is 0 Å². The van der Waals surface area contributed by atoms with Gasteiger partial charge in [0.1, 0.15) is 6.17 Å². The molecule has 1 aromatic carbocycles. The number of hydrogen-bond acceptors (Lipinski definition) is 0. The zero-order valence-corrected chi connectivity index (χ0v) is 7.44. The molecule has 1 aliphatic rings. The third-order valence-electron chi connectivity index (χ3n) is 2.35. The lowest BCUT2D eigenvalue weighted by molar-refractivity contribution is 0.302. The summed E-state index contributed by atoms with van der Waals surface area (Å²) in [5.41, 5.74) is 1.92. The molecule has 1 aliphatic carbocycles. The Morgan fingerprint density at radius 2 is 2.25 bits per heavy atom. The molecule has 2 heteroatoms. The third-order valence-corrected chi connectivity index (χ3v) is 2.58. The molecule has 12 heavy (non-hydrogen) atoms. The van der Waals surface area contributed by atoms with Gasteiger partial charge in [0.25, 0.3) is 0 Å². The summed E-state index contributed by atoms with van der Waals surface area (Å²) in [6.45, 7) is 0. The summed E-state index contributed by atoms with van der Waals surface area (Å²) in [6, 6.07) is 5.45. The van der Waals surface area contributed by atoms with Crippen molar-refractivity contribution in [1.82, 2.24) is 0 Å². The maximum atomic E-state index is 13.3. The molecule has 0 aromatic heterocycles. The Kier molecular flexibility index (Phi) is 2.05. The molecule has 0 radical (unpaired) electrons. The van der Waals surface area contributed by atoms with Gasteiger partial charge in [-0.05, 0) is 42.5 Å². The van der Waals surface area contributed by atoms with Crippen LogP contribution in [0.25, 0.3) is 0 Å². The first-order valence-electron chi connectivity index (χ1n) is 4.20. The van der Waals surface area contributed by atoms with Gasteiger partial charge in [0.05, 0.1) is 0 Å². The Labute approximate surface area is 76.4 Å². The van der Waals surface area contributed by atoms with E-state index in [2.05, 4.69) is 0 Å². The molecule has 1 atom stereocenters. The van der Waals surface area contributed by atoms with Crippen LogP contribution in [0.4, 0.5) is 4.39 Å². The van der Waals surface area contributed by atoms with Crippen LogP contribution in [0.2, 0.25) is 5.02 Å². The minimum absolute atomic E-state index is 0.661. The number of aryl methyl sites for hydroxylation is 1. The maximum absolute atomic E-state index is 13.3. The van der Waals surface area contributed by atoms with E-state index in [-0.39, 0.29) is 0 Å². The smallest absolute Gasteiger partial charge is 0.125 e. The predicted molar refractivity (Wildman–Crippen MR) is 48.2 cm³/mol. The molecule has 0 bridgehead atoms. The maximum Gasteiger partial charge on any atom is 0.125 e. The van der Waals surface area contributed by atoms with Crippen LogP contribution >= 0.6 is 11.6 Å². The van der Waals surface area contributed by atoms with E-state index in [4.69, 9.17) is 11.6 Å². The van der Waals surface area contributed by atoms with Crippen molar-refractivity contribution in [3.63, 3.8) is 0 Å². The van der Waals surface area contributed by atoms with E-state index in [0.717, 1.165) is 24.0 Å². The second-order valence-corrected chi connectivity index (χ2v) is 3.64. The molecule has 1 unspecified atom stereocenters. The molecule has 1 aromatic rings. The largest absolute Gasteiger partial charge is 0.242 e. The van der Waals surface area contributed by atoms with Crippen LogP contribution in [0.3, 0.4) is 0 Å². The number of benzene rings is 1. The molecule has 0 heterocycles. The van der Waals surface area contributed by atoms with Gasteiger partial charge in [-0.2, -0.15) is 0 Å². The van der Waals surface area contributed by atoms with Crippen LogP contribution in [0.5, 0.6) is 0 Å². The van der Waals surface area contributed by atoms with Crippen LogP contribution in [0, 0.1) is 0 Å². The first kappa shape index (κ1) is 8.06. The van der Waals surface area contributed by atoms with Gasteiger partial charge in [-0.1, -0.05) is 17.7 Å². The fourth-order valence-electron chi connectivity index (χ4n) is 1.72. The van der Waals surface area contributed by atoms with E-state index < -0.39 is 6.17 Å². The Hall–Kier alpha value is -0.560. The minimum atomic E-state index is -0.772. The van der Waals surface area contributed by atoms with Crippen molar-refractivity contribution in [2.45, 2.75) is 25.4 Å². The van der Waals surface area contributed by atoms with Crippen LogP contribution in [0.15, 0.2) is 18.2 Å². The molecule has 0 aliphatic heterocycles. The molecule has 0 amide bonds. The summed E-state index contributed by atoms with van der Waals surface area (Å²) >= 11 is 5.80. The summed E-state index contributed by atoms with van der Waals surface area (Å²) in [5, 5.41) is 0.711. The van der Waals surface area contributed by atoms with Gasteiger partial charge in [-0.3, -0.25) is 0 Å². The third kappa shape index (κ3) is 1.34. The van der Waals surface area contributed by atoms with E-state index >= 15 is 0 Å². The Balaban J connectivity index is 2.46. The van der Waals surface area contributed by atoms with Crippen molar-refractivity contribution in [2.75, 3.05) is 0 Å². The molecule has 2 rings (SSSR count). The van der Waals surface area contributed by atoms with E-state index in [9.17, 15) is 4.39 Å². The Bertz CT molecular complexity index is 296. The summed E-state index contributed by atoms with van der Waals surface area (Å²) in [5.74, 6) is 0. The highest BCUT2D eigenvalue weighted by molar-refractivity contribution is 6.30. The quantitative estimate of drug-likeness (QED) is 0.577. The van der Waals surface area contributed by atoms with E-state index in [1.807, 2.05) is 12.1 Å². The van der Waals surface area contributed by atoms with Crippen molar-refractivity contribution in [1.29, 1.82) is 0 Å². The van der Waals surface area contributed by atoms with Gasteiger partial charge in [-0.15, -0.1) is 0 Å². The highest BCUT2D eigenvalue weighted by atomic mass is 35.5. The first-order valence-corrected chi connectivity index (χ1v) is 4.57. The fourth-order valence-corrected chi connectivity index (χ4v) is 1.92. The van der Waals surface area contributed by atoms with Gasteiger partial charge in [0.2, 0.25) is 0 Å². The molecule has 0 fully saturated rings. The molecule has 0 spiro atoms. The zero-order valence-electron chi connectivity index (χ0n) is 6.69. The van der Waals surface area contributed by atoms with Gasteiger partial charge >= 0.3 is 0 Å². The highest BCUT2D eigenvalue weighted by Crippen LogP contribution is 2.33. The lowest BCUT2D eigenvalue weighted by Gasteiger charge is -2.19. The Morgan fingerprint density at radius 3 is 3.08 bits per heavy atom. The van der Waals surface area contributed by atoms with E-state index in [0.29, 0.717) is 11.4 Å². The van der Waals surface area contributed by atoms with Gasteiger partial charge < -0.3 is 0 Å². The molecule has 0 saturated heterocycles. The molecular weight excluding hydrogens is 175 g/mol.